The summed E-state index contributed by atoms with van der Waals surface area (Å²) in [7, 11) is -3.55. The number of para-hydroxylation sites is 1. The van der Waals surface area contributed by atoms with E-state index in [0.717, 1.165) is 18.5 Å². The van der Waals surface area contributed by atoms with Crippen LogP contribution in [-0.2, 0) is 16.4 Å². The summed E-state index contributed by atoms with van der Waals surface area (Å²) in [5.41, 5.74) is 2.60. The Hall–Kier alpha value is -2.18. The van der Waals surface area contributed by atoms with Gasteiger partial charge in [0.15, 0.2) is 0 Å². The Morgan fingerprint density at radius 3 is 2.50 bits per heavy atom. The minimum Gasteiger partial charge on any atom is -0.308 e. The van der Waals surface area contributed by atoms with E-state index in [-0.39, 0.29) is 16.7 Å². The molecule has 0 aromatic heterocycles. The van der Waals surface area contributed by atoms with Crippen molar-refractivity contribution in [2.24, 2.45) is 5.92 Å². The Morgan fingerprint density at radius 1 is 1.12 bits per heavy atom. The van der Waals surface area contributed by atoms with Crippen LogP contribution in [0, 0.1) is 5.92 Å². The number of rotatable bonds is 5. The molecule has 0 fully saturated rings. The molecular formula is C20H24N2O3S. The lowest BCUT2D eigenvalue weighted by Crippen LogP contribution is -2.35. The van der Waals surface area contributed by atoms with Gasteiger partial charge in [-0.3, -0.25) is 4.79 Å². The molecule has 2 aromatic rings. The lowest BCUT2D eigenvalue weighted by Gasteiger charge is -2.29. The van der Waals surface area contributed by atoms with Crippen molar-refractivity contribution < 1.29 is 13.2 Å². The van der Waals surface area contributed by atoms with Crippen LogP contribution < -0.4 is 9.62 Å². The maximum Gasteiger partial charge on any atom is 0.258 e. The van der Waals surface area contributed by atoms with E-state index in [2.05, 4.69) is 4.72 Å². The Morgan fingerprint density at radius 2 is 1.81 bits per heavy atom. The summed E-state index contributed by atoms with van der Waals surface area (Å²) in [6.07, 6.45) is 1.90. The largest absolute Gasteiger partial charge is 0.308 e. The summed E-state index contributed by atoms with van der Waals surface area (Å²) < 4.78 is 27.1. The summed E-state index contributed by atoms with van der Waals surface area (Å²) in [5.74, 6) is 0.126. The van der Waals surface area contributed by atoms with Crippen molar-refractivity contribution in [3.05, 3.63) is 59.7 Å². The maximum absolute atomic E-state index is 12.9. The minimum atomic E-state index is -3.55. The Bertz CT molecular complexity index is 890. The molecule has 0 saturated heterocycles. The number of nitrogens with one attached hydrogen (secondary N) is 1. The Balaban J connectivity index is 1.80. The summed E-state index contributed by atoms with van der Waals surface area (Å²) in [6.45, 7) is 4.95. The molecule has 1 amide bonds. The van der Waals surface area contributed by atoms with Crippen molar-refractivity contribution >= 4 is 21.6 Å². The van der Waals surface area contributed by atoms with Crippen LogP contribution in [0.5, 0.6) is 0 Å². The quantitative estimate of drug-likeness (QED) is 0.876. The highest BCUT2D eigenvalue weighted by Crippen LogP contribution is 2.28. The molecule has 0 saturated carbocycles. The van der Waals surface area contributed by atoms with Gasteiger partial charge in [0.1, 0.15) is 0 Å². The monoisotopic (exact) mass is 372 g/mol. The number of fused-ring (bicyclic) bond motifs is 1. The number of benzene rings is 2. The average molecular weight is 372 g/mol. The number of hydrogen-bond acceptors (Lipinski definition) is 3. The zero-order valence-electron chi connectivity index (χ0n) is 15.1. The maximum atomic E-state index is 12.9. The topological polar surface area (TPSA) is 66.5 Å². The van der Waals surface area contributed by atoms with Gasteiger partial charge in [-0.15, -0.1) is 0 Å². The molecule has 0 radical (unpaired) electrons. The van der Waals surface area contributed by atoms with Crippen molar-refractivity contribution in [2.45, 2.75) is 31.6 Å². The van der Waals surface area contributed by atoms with Gasteiger partial charge in [-0.1, -0.05) is 32.0 Å². The van der Waals surface area contributed by atoms with E-state index in [9.17, 15) is 13.2 Å². The van der Waals surface area contributed by atoms with E-state index in [0.29, 0.717) is 18.7 Å². The molecule has 0 atom stereocenters. The summed E-state index contributed by atoms with van der Waals surface area (Å²) >= 11 is 0. The standard InChI is InChI=1S/C20H24N2O3S/c1-15(2)14-21-26(24,25)18-11-9-17(10-12-18)20(23)22-13-5-7-16-6-3-4-8-19(16)22/h3-4,6,8-12,15,21H,5,7,13-14H2,1-2H3. The van der Waals surface area contributed by atoms with Crippen LogP contribution in [0.25, 0.3) is 0 Å². The number of hydrogen-bond donors (Lipinski definition) is 1. The first-order chi connectivity index (χ1) is 12.4. The van der Waals surface area contributed by atoms with Crippen molar-refractivity contribution in [1.29, 1.82) is 0 Å². The molecule has 26 heavy (non-hydrogen) atoms. The van der Waals surface area contributed by atoms with Gasteiger partial charge in [0, 0.05) is 24.3 Å². The smallest absolute Gasteiger partial charge is 0.258 e. The SMILES string of the molecule is CC(C)CNS(=O)(=O)c1ccc(C(=O)N2CCCc3ccccc32)cc1. The number of aryl methyl sites for hydroxylation is 1. The highest BCUT2D eigenvalue weighted by atomic mass is 32.2. The van der Waals surface area contributed by atoms with E-state index in [1.165, 1.54) is 17.7 Å². The van der Waals surface area contributed by atoms with Gasteiger partial charge in [-0.25, -0.2) is 13.1 Å². The Kier molecular flexibility index (Phi) is 5.44. The molecular weight excluding hydrogens is 348 g/mol. The molecule has 1 N–H and O–H groups in total. The van der Waals surface area contributed by atoms with Crippen LogP contribution >= 0.6 is 0 Å². The van der Waals surface area contributed by atoms with Crippen LogP contribution in [0.3, 0.4) is 0 Å². The fraction of sp³-hybridized carbons (Fsp3) is 0.350. The average Bonchev–Trinajstić information content (AvgIpc) is 2.65. The van der Waals surface area contributed by atoms with E-state index < -0.39 is 10.0 Å². The zero-order chi connectivity index (χ0) is 18.7. The van der Waals surface area contributed by atoms with Crippen molar-refractivity contribution in [3.8, 4) is 0 Å². The fourth-order valence-corrected chi connectivity index (χ4v) is 4.25. The van der Waals surface area contributed by atoms with Crippen LogP contribution in [0.1, 0.15) is 36.2 Å². The summed E-state index contributed by atoms with van der Waals surface area (Å²) in [6, 6.07) is 14.1. The van der Waals surface area contributed by atoms with Crippen LogP contribution in [0.4, 0.5) is 5.69 Å². The van der Waals surface area contributed by atoms with Crippen LogP contribution in [-0.4, -0.2) is 27.4 Å². The summed E-state index contributed by atoms with van der Waals surface area (Å²) in [4.78, 5) is 14.9. The third-order valence-electron chi connectivity index (χ3n) is 4.45. The highest BCUT2D eigenvalue weighted by Gasteiger charge is 2.23. The number of anilines is 1. The van der Waals surface area contributed by atoms with Crippen LogP contribution in [0.2, 0.25) is 0 Å². The molecule has 5 nitrogen and oxygen atoms in total. The molecule has 0 spiro atoms. The van der Waals surface area contributed by atoms with E-state index in [4.69, 9.17) is 0 Å². The van der Waals surface area contributed by atoms with Gasteiger partial charge in [0.25, 0.3) is 5.91 Å². The van der Waals surface area contributed by atoms with Gasteiger partial charge in [-0.2, -0.15) is 0 Å². The highest BCUT2D eigenvalue weighted by molar-refractivity contribution is 7.89. The molecule has 0 unspecified atom stereocenters. The number of sulfonamides is 1. The van der Waals surface area contributed by atoms with E-state index in [1.807, 2.05) is 38.1 Å². The second-order valence-corrected chi connectivity index (χ2v) is 8.73. The molecule has 1 aliphatic rings. The minimum absolute atomic E-state index is 0.101. The van der Waals surface area contributed by atoms with Gasteiger partial charge in [0.05, 0.1) is 4.90 Å². The van der Waals surface area contributed by atoms with Gasteiger partial charge >= 0.3 is 0 Å². The number of carbonyl (C=O) groups excluding carboxylic acids is 1. The first-order valence-corrected chi connectivity index (χ1v) is 10.4. The molecule has 3 rings (SSSR count). The third kappa shape index (κ3) is 3.97. The first-order valence-electron chi connectivity index (χ1n) is 8.88. The fourth-order valence-electron chi connectivity index (χ4n) is 3.04. The number of nitrogens with zero attached hydrogens (tertiary/aromatic N) is 1. The predicted octanol–water partition coefficient (Wildman–Crippen LogP) is 3.21. The second kappa shape index (κ2) is 7.60. The number of carbonyl (C=O) groups is 1. The molecule has 0 bridgehead atoms. The molecule has 0 aliphatic carbocycles. The third-order valence-corrected chi connectivity index (χ3v) is 5.89. The Labute approximate surface area is 155 Å². The molecule has 1 aliphatic heterocycles. The molecule has 1 heterocycles. The van der Waals surface area contributed by atoms with Gasteiger partial charge in [0.2, 0.25) is 10.0 Å². The lowest BCUT2D eigenvalue weighted by molar-refractivity contribution is 0.0985. The van der Waals surface area contributed by atoms with E-state index in [1.54, 1.807) is 17.0 Å². The molecule has 6 heteroatoms. The van der Waals surface area contributed by atoms with Gasteiger partial charge in [-0.05, 0) is 54.7 Å². The normalized spacial score (nSPS) is 14.3. The van der Waals surface area contributed by atoms with Crippen LogP contribution in [0.15, 0.2) is 53.4 Å². The van der Waals surface area contributed by atoms with E-state index >= 15 is 0 Å². The van der Waals surface area contributed by atoms with Crippen molar-refractivity contribution in [3.63, 3.8) is 0 Å². The predicted molar refractivity (Wildman–Crippen MR) is 103 cm³/mol. The van der Waals surface area contributed by atoms with Crippen molar-refractivity contribution in [2.75, 3.05) is 18.0 Å². The summed E-state index contributed by atoms with van der Waals surface area (Å²) in [5, 5.41) is 0. The van der Waals surface area contributed by atoms with Gasteiger partial charge < -0.3 is 4.90 Å². The lowest BCUT2D eigenvalue weighted by atomic mass is 10.0. The van der Waals surface area contributed by atoms with Crippen molar-refractivity contribution in [1.82, 2.24) is 4.72 Å². The second-order valence-electron chi connectivity index (χ2n) is 6.96. The zero-order valence-corrected chi connectivity index (χ0v) is 15.9. The number of amides is 1. The molecule has 138 valence electrons. The molecule has 2 aromatic carbocycles. The first kappa shape index (κ1) is 18.6.